The van der Waals surface area contributed by atoms with Gasteiger partial charge in [0.25, 0.3) is 0 Å². The highest BCUT2D eigenvalue weighted by atomic mass is 15.3. The monoisotopic (exact) mass is 236 g/mol. The normalized spacial score (nSPS) is 26.3. The molecule has 1 saturated carbocycles. The van der Waals surface area contributed by atoms with Gasteiger partial charge in [0.05, 0.1) is 5.69 Å². The molecule has 0 radical (unpaired) electrons. The Hall–Kier alpha value is -0.870. The van der Waals surface area contributed by atoms with Gasteiger partial charge in [-0.15, -0.1) is 0 Å². The van der Waals surface area contributed by atoms with Crippen LogP contribution in [-0.4, -0.2) is 15.8 Å². The van der Waals surface area contributed by atoms with Crippen LogP contribution in [0.2, 0.25) is 0 Å². The van der Waals surface area contributed by atoms with Crippen molar-refractivity contribution >= 4 is 0 Å². The third-order valence-corrected chi connectivity index (χ3v) is 4.14. The molecule has 96 valence electrons. The van der Waals surface area contributed by atoms with E-state index >= 15 is 0 Å². The number of aryl methyl sites for hydroxylation is 1. The lowest BCUT2D eigenvalue weighted by atomic mass is 9.93. The molecule has 1 aliphatic carbocycles. The van der Waals surface area contributed by atoms with Crippen molar-refractivity contribution in [1.29, 1.82) is 0 Å². The van der Waals surface area contributed by atoms with Gasteiger partial charge in [0.15, 0.2) is 0 Å². The standard InChI is InChI=1S/C13H24N4/c1-3-10-4-5-11(8-10)13(15-14)9-12-6-7-17(2)16-12/h6-7,10-11,13,15H,3-5,8-9,14H2,1-2H3. The zero-order valence-corrected chi connectivity index (χ0v) is 10.9. The fourth-order valence-corrected chi connectivity index (χ4v) is 3.01. The second-order valence-electron chi connectivity index (χ2n) is 5.31. The molecule has 1 aliphatic rings. The van der Waals surface area contributed by atoms with E-state index in [0.717, 1.165) is 18.0 Å². The first-order valence-electron chi connectivity index (χ1n) is 6.67. The summed E-state index contributed by atoms with van der Waals surface area (Å²) in [6, 6.07) is 2.46. The van der Waals surface area contributed by atoms with Crippen LogP contribution in [0, 0.1) is 11.8 Å². The average Bonchev–Trinajstić information content (AvgIpc) is 2.94. The van der Waals surface area contributed by atoms with Gasteiger partial charge in [-0.25, -0.2) is 0 Å². The number of nitrogens with zero attached hydrogens (tertiary/aromatic N) is 2. The number of hydrazine groups is 1. The summed E-state index contributed by atoms with van der Waals surface area (Å²) in [5, 5.41) is 4.43. The third kappa shape index (κ3) is 3.07. The molecule has 4 nitrogen and oxygen atoms in total. The van der Waals surface area contributed by atoms with Crippen molar-refractivity contribution in [3.63, 3.8) is 0 Å². The number of aromatic nitrogens is 2. The molecule has 17 heavy (non-hydrogen) atoms. The fraction of sp³-hybridized carbons (Fsp3) is 0.769. The molecule has 2 rings (SSSR count). The van der Waals surface area contributed by atoms with E-state index in [9.17, 15) is 0 Å². The zero-order valence-electron chi connectivity index (χ0n) is 10.9. The Balaban J connectivity index is 1.93. The first-order chi connectivity index (χ1) is 8.22. The molecule has 1 aromatic heterocycles. The summed E-state index contributed by atoms with van der Waals surface area (Å²) in [5.41, 5.74) is 4.13. The maximum absolute atomic E-state index is 5.71. The van der Waals surface area contributed by atoms with Gasteiger partial charge in [-0.2, -0.15) is 5.10 Å². The van der Waals surface area contributed by atoms with Crippen molar-refractivity contribution in [2.24, 2.45) is 24.7 Å². The van der Waals surface area contributed by atoms with Crippen LogP contribution in [0.25, 0.3) is 0 Å². The molecule has 3 N–H and O–H groups in total. The van der Waals surface area contributed by atoms with Gasteiger partial charge < -0.3 is 0 Å². The van der Waals surface area contributed by atoms with Gasteiger partial charge in [-0.3, -0.25) is 16.0 Å². The van der Waals surface area contributed by atoms with E-state index < -0.39 is 0 Å². The Morgan fingerprint density at radius 3 is 2.94 bits per heavy atom. The topological polar surface area (TPSA) is 55.9 Å². The van der Waals surface area contributed by atoms with E-state index in [-0.39, 0.29) is 0 Å². The zero-order chi connectivity index (χ0) is 12.3. The number of hydrogen-bond donors (Lipinski definition) is 2. The summed E-state index contributed by atoms with van der Waals surface area (Å²) in [6.45, 7) is 2.29. The lowest BCUT2D eigenvalue weighted by Crippen LogP contribution is -2.41. The fourth-order valence-electron chi connectivity index (χ4n) is 3.01. The van der Waals surface area contributed by atoms with Crippen LogP contribution in [0.1, 0.15) is 38.3 Å². The van der Waals surface area contributed by atoms with Gasteiger partial charge in [0.2, 0.25) is 0 Å². The smallest absolute Gasteiger partial charge is 0.0640 e. The average molecular weight is 236 g/mol. The van der Waals surface area contributed by atoms with E-state index in [0.29, 0.717) is 12.0 Å². The molecule has 0 bridgehead atoms. The first-order valence-corrected chi connectivity index (χ1v) is 6.67. The van der Waals surface area contributed by atoms with Crippen molar-refractivity contribution in [2.45, 2.75) is 45.1 Å². The van der Waals surface area contributed by atoms with E-state index in [1.165, 1.54) is 25.7 Å². The van der Waals surface area contributed by atoms with Crippen molar-refractivity contribution in [1.82, 2.24) is 15.2 Å². The summed E-state index contributed by atoms with van der Waals surface area (Å²) in [6.07, 6.45) is 8.22. The van der Waals surface area contributed by atoms with E-state index in [1.54, 1.807) is 0 Å². The first kappa shape index (κ1) is 12.6. The van der Waals surface area contributed by atoms with Crippen LogP contribution in [0.4, 0.5) is 0 Å². The quantitative estimate of drug-likeness (QED) is 0.603. The van der Waals surface area contributed by atoms with Crippen LogP contribution in [0.3, 0.4) is 0 Å². The van der Waals surface area contributed by atoms with Gasteiger partial charge >= 0.3 is 0 Å². The molecule has 0 amide bonds. The van der Waals surface area contributed by atoms with Crippen molar-refractivity contribution in [3.05, 3.63) is 18.0 Å². The second kappa shape index (κ2) is 5.65. The number of hydrogen-bond acceptors (Lipinski definition) is 3. The van der Waals surface area contributed by atoms with Crippen molar-refractivity contribution in [3.8, 4) is 0 Å². The Morgan fingerprint density at radius 2 is 2.41 bits per heavy atom. The second-order valence-corrected chi connectivity index (χ2v) is 5.31. The van der Waals surface area contributed by atoms with Gasteiger partial charge in [0, 0.05) is 25.7 Å². The maximum atomic E-state index is 5.71. The Labute approximate surface area is 104 Å². The van der Waals surface area contributed by atoms with E-state index in [1.807, 2.05) is 17.9 Å². The minimum absolute atomic E-state index is 0.376. The van der Waals surface area contributed by atoms with Crippen LogP contribution >= 0.6 is 0 Å². The van der Waals surface area contributed by atoms with Gasteiger partial charge in [0.1, 0.15) is 0 Å². The summed E-state index contributed by atoms with van der Waals surface area (Å²) in [4.78, 5) is 0. The van der Waals surface area contributed by atoms with E-state index in [4.69, 9.17) is 5.84 Å². The number of rotatable bonds is 5. The molecule has 0 spiro atoms. The van der Waals surface area contributed by atoms with Crippen LogP contribution in [-0.2, 0) is 13.5 Å². The van der Waals surface area contributed by atoms with Crippen molar-refractivity contribution in [2.75, 3.05) is 0 Å². The molecule has 1 fully saturated rings. The minimum Gasteiger partial charge on any atom is -0.276 e. The van der Waals surface area contributed by atoms with Gasteiger partial charge in [-0.1, -0.05) is 19.8 Å². The molecular weight excluding hydrogens is 212 g/mol. The maximum Gasteiger partial charge on any atom is 0.0640 e. The lowest BCUT2D eigenvalue weighted by Gasteiger charge is -2.22. The highest BCUT2D eigenvalue weighted by Gasteiger charge is 2.29. The third-order valence-electron chi connectivity index (χ3n) is 4.14. The largest absolute Gasteiger partial charge is 0.276 e. The van der Waals surface area contributed by atoms with Crippen LogP contribution in [0.15, 0.2) is 12.3 Å². The summed E-state index contributed by atoms with van der Waals surface area (Å²) in [7, 11) is 1.96. The summed E-state index contributed by atoms with van der Waals surface area (Å²) >= 11 is 0. The molecule has 0 saturated heterocycles. The van der Waals surface area contributed by atoms with Crippen LogP contribution in [0.5, 0.6) is 0 Å². The molecule has 4 heteroatoms. The highest BCUT2D eigenvalue weighted by Crippen LogP contribution is 2.35. The predicted molar refractivity (Wildman–Crippen MR) is 69.1 cm³/mol. The molecule has 1 aromatic rings. The highest BCUT2D eigenvalue weighted by molar-refractivity contribution is 5.02. The van der Waals surface area contributed by atoms with Gasteiger partial charge in [-0.05, 0) is 30.7 Å². The minimum atomic E-state index is 0.376. The number of nitrogens with two attached hydrogens (primary N) is 1. The molecule has 0 aromatic carbocycles. The molecule has 3 atom stereocenters. The lowest BCUT2D eigenvalue weighted by molar-refractivity contribution is 0.345. The Kier molecular flexibility index (Phi) is 4.18. The van der Waals surface area contributed by atoms with E-state index in [2.05, 4.69) is 23.5 Å². The predicted octanol–water partition coefficient (Wildman–Crippen LogP) is 1.62. The Bertz CT molecular complexity index is 347. The Morgan fingerprint density at radius 1 is 1.59 bits per heavy atom. The molecule has 0 aliphatic heterocycles. The molecular formula is C13H24N4. The number of nitrogens with one attached hydrogen (secondary N) is 1. The SMILES string of the molecule is CCC1CCC(C(Cc2ccn(C)n2)NN)C1. The van der Waals surface area contributed by atoms with Crippen LogP contribution < -0.4 is 11.3 Å². The molecule has 3 unspecified atom stereocenters. The molecule has 1 heterocycles. The summed E-state index contributed by atoms with van der Waals surface area (Å²) in [5.74, 6) is 7.33. The summed E-state index contributed by atoms with van der Waals surface area (Å²) < 4.78 is 1.85. The van der Waals surface area contributed by atoms with Crippen molar-refractivity contribution < 1.29 is 0 Å².